The predicted molar refractivity (Wildman–Crippen MR) is 79.1 cm³/mol. The van der Waals surface area contributed by atoms with Gasteiger partial charge in [-0.2, -0.15) is 5.26 Å². The number of nitrogens with one attached hydrogen (secondary N) is 1. The summed E-state index contributed by atoms with van der Waals surface area (Å²) in [7, 11) is 0. The Morgan fingerprint density at radius 1 is 1.05 bits per heavy atom. The molecular weight excluding hydrogens is 232 g/mol. The van der Waals surface area contributed by atoms with Crippen LogP contribution in [0.2, 0.25) is 0 Å². The lowest BCUT2D eigenvalue weighted by atomic mass is 10.0. The van der Waals surface area contributed by atoms with E-state index in [1.54, 1.807) is 0 Å². The van der Waals surface area contributed by atoms with E-state index in [-0.39, 0.29) is 6.04 Å². The van der Waals surface area contributed by atoms with Gasteiger partial charge in [-0.25, -0.2) is 0 Å². The molecule has 0 fully saturated rings. The summed E-state index contributed by atoms with van der Waals surface area (Å²) in [6, 6.07) is 16.5. The van der Waals surface area contributed by atoms with Crippen LogP contribution in [0.1, 0.15) is 35.2 Å². The molecule has 1 atom stereocenters. The monoisotopic (exact) mass is 250 g/mol. The van der Waals surface area contributed by atoms with Gasteiger partial charge in [-0.05, 0) is 49.6 Å². The lowest BCUT2D eigenvalue weighted by Gasteiger charge is -2.19. The maximum Gasteiger partial charge on any atom is 0.0992 e. The minimum atomic E-state index is 0.217. The Hall–Kier alpha value is -2.27. The number of rotatable bonds is 3. The number of anilines is 1. The van der Waals surface area contributed by atoms with Crippen molar-refractivity contribution >= 4 is 5.69 Å². The molecule has 0 saturated heterocycles. The highest BCUT2D eigenvalue weighted by Crippen LogP contribution is 2.24. The van der Waals surface area contributed by atoms with E-state index in [1.165, 1.54) is 11.1 Å². The molecule has 0 aliphatic heterocycles. The minimum absolute atomic E-state index is 0.217. The Bertz CT molecular complexity index is 623. The summed E-state index contributed by atoms with van der Waals surface area (Å²) >= 11 is 0. The average Bonchev–Trinajstić information content (AvgIpc) is 2.41. The predicted octanol–water partition coefficient (Wildman–Crippen LogP) is 4.35. The van der Waals surface area contributed by atoms with Crippen LogP contribution < -0.4 is 5.32 Å². The summed E-state index contributed by atoms with van der Waals surface area (Å²) in [6.07, 6.45) is 0. The summed E-state index contributed by atoms with van der Waals surface area (Å²) in [5.74, 6) is 0. The van der Waals surface area contributed by atoms with Crippen LogP contribution in [0.3, 0.4) is 0 Å². The molecule has 2 rings (SSSR count). The molecular formula is C17H18N2. The number of benzene rings is 2. The first-order valence-electron chi connectivity index (χ1n) is 6.44. The van der Waals surface area contributed by atoms with Crippen LogP contribution in [-0.4, -0.2) is 0 Å². The van der Waals surface area contributed by atoms with E-state index in [9.17, 15) is 0 Å². The molecule has 19 heavy (non-hydrogen) atoms. The molecule has 1 N–H and O–H groups in total. The van der Waals surface area contributed by atoms with Crippen molar-refractivity contribution in [1.82, 2.24) is 0 Å². The van der Waals surface area contributed by atoms with E-state index in [1.807, 2.05) is 31.2 Å². The first-order valence-corrected chi connectivity index (χ1v) is 6.44. The third-order valence-corrected chi connectivity index (χ3v) is 3.39. The quantitative estimate of drug-likeness (QED) is 0.879. The van der Waals surface area contributed by atoms with E-state index in [0.29, 0.717) is 5.56 Å². The smallest absolute Gasteiger partial charge is 0.0992 e. The van der Waals surface area contributed by atoms with Gasteiger partial charge in [-0.1, -0.05) is 30.3 Å². The number of nitrogens with zero attached hydrogens (tertiary/aromatic N) is 1. The van der Waals surface area contributed by atoms with Gasteiger partial charge < -0.3 is 5.32 Å². The highest BCUT2D eigenvalue weighted by molar-refractivity contribution is 5.56. The maximum absolute atomic E-state index is 8.97. The van der Waals surface area contributed by atoms with Crippen molar-refractivity contribution in [3.63, 3.8) is 0 Å². The Kier molecular flexibility index (Phi) is 3.87. The summed E-state index contributed by atoms with van der Waals surface area (Å²) in [4.78, 5) is 0. The zero-order valence-electron chi connectivity index (χ0n) is 11.6. The van der Waals surface area contributed by atoms with Gasteiger partial charge in [-0.3, -0.25) is 0 Å². The van der Waals surface area contributed by atoms with Crippen molar-refractivity contribution < 1.29 is 0 Å². The maximum atomic E-state index is 8.97. The number of nitriles is 1. The standard InChI is InChI=1S/C17H18N2/c1-12-6-4-5-7-16(12)14(3)19-17-10-15(11-18)9-8-13(17)2/h4-10,14,19H,1-3H3. The molecule has 0 bridgehead atoms. The molecule has 2 heteroatoms. The fourth-order valence-corrected chi connectivity index (χ4v) is 2.23. The van der Waals surface area contributed by atoms with Crippen LogP contribution in [0.15, 0.2) is 42.5 Å². The Morgan fingerprint density at radius 3 is 2.47 bits per heavy atom. The van der Waals surface area contributed by atoms with Gasteiger partial charge in [0, 0.05) is 11.7 Å². The molecule has 0 aromatic heterocycles. The van der Waals surface area contributed by atoms with Gasteiger partial charge in [0.05, 0.1) is 11.6 Å². The van der Waals surface area contributed by atoms with Crippen LogP contribution in [0.4, 0.5) is 5.69 Å². The molecule has 2 aromatic rings. The Balaban J connectivity index is 2.27. The van der Waals surface area contributed by atoms with Crippen LogP contribution in [0.25, 0.3) is 0 Å². The van der Waals surface area contributed by atoms with E-state index in [2.05, 4.69) is 43.4 Å². The zero-order chi connectivity index (χ0) is 13.8. The lowest BCUT2D eigenvalue weighted by Crippen LogP contribution is -2.09. The fraction of sp³-hybridized carbons (Fsp3) is 0.235. The van der Waals surface area contributed by atoms with Gasteiger partial charge in [-0.15, -0.1) is 0 Å². The molecule has 0 saturated carbocycles. The molecule has 0 radical (unpaired) electrons. The van der Waals surface area contributed by atoms with Crippen molar-refractivity contribution in [3.8, 4) is 6.07 Å². The van der Waals surface area contributed by atoms with Crippen molar-refractivity contribution in [2.45, 2.75) is 26.8 Å². The van der Waals surface area contributed by atoms with Gasteiger partial charge >= 0.3 is 0 Å². The van der Waals surface area contributed by atoms with Crippen LogP contribution in [0, 0.1) is 25.2 Å². The summed E-state index contributed by atoms with van der Waals surface area (Å²) in [5.41, 5.74) is 5.42. The molecule has 96 valence electrons. The molecule has 0 spiro atoms. The SMILES string of the molecule is Cc1ccc(C#N)cc1NC(C)c1ccccc1C. The Labute approximate surface area is 114 Å². The van der Waals surface area contributed by atoms with Crippen molar-refractivity contribution in [2.24, 2.45) is 0 Å². The van der Waals surface area contributed by atoms with Crippen molar-refractivity contribution in [3.05, 3.63) is 64.7 Å². The first-order chi connectivity index (χ1) is 9.11. The topological polar surface area (TPSA) is 35.8 Å². The summed E-state index contributed by atoms with van der Waals surface area (Å²) in [5, 5.41) is 12.5. The van der Waals surface area contributed by atoms with E-state index < -0.39 is 0 Å². The van der Waals surface area contributed by atoms with E-state index >= 15 is 0 Å². The van der Waals surface area contributed by atoms with Crippen molar-refractivity contribution in [2.75, 3.05) is 5.32 Å². The first kappa shape index (κ1) is 13.2. The van der Waals surface area contributed by atoms with Gasteiger partial charge in [0.1, 0.15) is 0 Å². The second-order valence-corrected chi connectivity index (χ2v) is 4.86. The highest BCUT2D eigenvalue weighted by Gasteiger charge is 2.09. The molecule has 2 aromatic carbocycles. The number of hydrogen-bond donors (Lipinski definition) is 1. The summed E-state index contributed by atoms with van der Waals surface area (Å²) in [6.45, 7) is 6.31. The molecule has 0 aliphatic carbocycles. The van der Waals surface area contributed by atoms with E-state index in [4.69, 9.17) is 5.26 Å². The molecule has 1 unspecified atom stereocenters. The molecule has 0 heterocycles. The average molecular weight is 250 g/mol. The van der Waals surface area contributed by atoms with E-state index in [0.717, 1.165) is 11.3 Å². The second-order valence-electron chi connectivity index (χ2n) is 4.86. The zero-order valence-corrected chi connectivity index (χ0v) is 11.6. The number of aryl methyl sites for hydroxylation is 2. The van der Waals surface area contributed by atoms with Crippen molar-refractivity contribution in [1.29, 1.82) is 5.26 Å². The molecule has 0 aliphatic rings. The third-order valence-electron chi connectivity index (χ3n) is 3.39. The minimum Gasteiger partial charge on any atom is -0.378 e. The third kappa shape index (κ3) is 2.95. The summed E-state index contributed by atoms with van der Waals surface area (Å²) < 4.78 is 0. The number of hydrogen-bond acceptors (Lipinski definition) is 2. The van der Waals surface area contributed by atoms with Crippen LogP contribution in [0.5, 0.6) is 0 Å². The fourth-order valence-electron chi connectivity index (χ4n) is 2.23. The molecule has 2 nitrogen and oxygen atoms in total. The highest BCUT2D eigenvalue weighted by atomic mass is 14.9. The lowest BCUT2D eigenvalue weighted by molar-refractivity contribution is 0.872. The van der Waals surface area contributed by atoms with Gasteiger partial charge in [0.2, 0.25) is 0 Å². The normalized spacial score (nSPS) is 11.7. The van der Waals surface area contributed by atoms with Gasteiger partial charge in [0.15, 0.2) is 0 Å². The van der Waals surface area contributed by atoms with Gasteiger partial charge in [0.25, 0.3) is 0 Å². The second kappa shape index (κ2) is 5.58. The van der Waals surface area contributed by atoms with Crippen LogP contribution in [-0.2, 0) is 0 Å². The largest absolute Gasteiger partial charge is 0.378 e. The van der Waals surface area contributed by atoms with Crippen LogP contribution >= 0.6 is 0 Å². The Morgan fingerprint density at radius 2 is 1.79 bits per heavy atom. The molecule has 0 amide bonds.